The van der Waals surface area contributed by atoms with E-state index in [1.54, 1.807) is 12.1 Å². The van der Waals surface area contributed by atoms with Gasteiger partial charge in [0.15, 0.2) is 11.6 Å². The van der Waals surface area contributed by atoms with Crippen molar-refractivity contribution < 1.29 is 14.7 Å². The van der Waals surface area contributed by atoms with Crippen molar-refractivity contribution in [1.29, 1.82) is 0 Å². The number of nitrogens with one attached hydrogen (secondary N) is 1. The van der Waals surface area contributed by atoms with Crippen molar-refractivity contribution in [3.8, 4) is 5.82 Å². The molecule has 0 saturated heterocycles. The molecular formula is C28H33N5O3. The second-order valence-corrected chi connectivity index (χ2v) is 11.0. The summed E-state index contributed by atoms with van der Waals surface area (Å²) in [5.74, 6) is 0.445. The van der Waals surface area contributed by atoms with Crippen LogP contribution >= 0.6 is 0 Å². The molecule has 0 spiro atoms. The number of benzene rings is 1. The number of ketones is 1. The summed E-state index contributed by atoms with van der Waals surface area (Å²) in [6.07, 6.45) is 10.1. The highest BCUT2D eigenvalue weighted by Crippen LogP contribution is 2.51. The Balaban J connectivity index is 1.32. The van der Waals surface area contributed by atoms with Crippen molar-refractivity contribution >= 4 is 17.4 Å². The summed E-state index contributed by atoms with van der Waals surface area (Å²) in [5.41, 5.74) is 9.79. The molecule has 0 aliphatic heterocycles. The number of carbonyl (C=O) groups is 2. The zero-order valence-corrected chi connectivity index (χ0v) is 20.7. The molecule has 2 unspecified atom stereocenters. The Hall–Kier alpha value is -3.52. The van der Waals surface area contributed by atoms with Crippen LogP contribution in [-0.2, 0) is 4.79 Å². The fourth-order valence-electron chi connectivity index (χ4n) is 5.29. The average Bonchev–Trinajstić information content (AvgIpc) is 3.57. The van der Waals surface area contributed by atoms with Gasteiger partial charge in [0.05, 0.1) is 36.6 Å². The lowest BCUT2D eigenvalue weighted by Crippen LogP contribution is -2.38. The predicted octanol–water partition coefficient (Wildman–Crippen LogP) is 4.72. The summed E-state index contributed by atoms with van der Waals surface area (Å²) in [7, 11) is 0. The smallest absolute Gasteiger partial charge is 0.305 e. The number of hydrogen-bond donors (Lipinski definition) is 3. The largest absolute Gasteiger partial charge is 0.481 e. The molecule has 2 heterocycles. The van der Waals surface area contributed by atoms with E-state index in [1.165, 1.54) is 18.4 Å². The molecule has 188 valence electrons. The molecule has 8 heteroatoms. The van der Waals surface area contributed by atoms with Gasteiger partial charge in [0, 0.05) is 11.8 Å². The molecule has 2 fully saturated rings. The van der Waals surface area contributed by atoms with Crippen LogP contribution in [0.1, 0.15) is 79.4 Å². The second-order valence-electron chi connectivity index (χ2n) is 11.0. The topological polar surface area (TPSA) is 123 Å². The lowest BCUT2D eigenvalue weighted by Gasteiger charge is -2.47. The molecule has 2 aliphatic carbocycles. The minimum absolute atomic E-state index is 0.0636. The molecule has 0 bridgehead atoms. The van der Waals surface area contributed by atoms with E-state index in [4.69, 9.17) is 10.8 Å². The number of rotatable bonds is 10. The number of Topliss-reactive ketones (excluding diaryl/α,β-unsaturated/α-hetero) is 1. The number of carbonyl (C=O) groups excluding carboxylic acids is 1. The van der Waals surface area contributed by atoms with E-state index in [2.05, 4.69) is 35.4 Å². The number of aromatic nitrogens is 3. The summed E-state index contributed by atoms with van der Waals surface area (Å²) in [4.78, 5) is 28.1. The Morgan fingerprint density at radius 2 is 1.86 bits per heavy atom. The van der Waals surface area contributed by atoms with Crippen molar-refractivity contribution in [1.82, 2.24) is 14.8 Å². The molecule has 3 aromatic rings. The van der Waals surface area contributed by atoms with Crippen LogP contribution in [-0.4, -0.2) is 37.7 Å². The third-order valence-corrected chi connectivity index (χ3v) is 7.34. The highest BCUT2D eigenvalue weighted by molar-refractivity contribution is 6.01. The fraction of sp³-hybridized carbons (Fsp3) is 0.429. The molecule has 2 saturated carbocycles. The SMILES string of the molecule is CC1(C)CC(C(Nc2ccc(-n3cc(C4CC4)cn3)nc2)c2ccc(C(=O)C(N)CC(=O)O)cc2)C1. The molecule has 36 heavy (non-hydrogen) atoms. The van der Waals surface area contributed by atoms with Crippen LogP contribution in [0, 0.1) is 11.3 Å². The fourth-order valence-corrected chi connectivity index (χ4v) is 5.29. The first-order chi connectivity index (χ1) is 17.2. The molecule has 4 N–H and O–H groups in total. The van der Waals surface area contributed by atoms with Crippen molar-refractivity contribution in [2.75, 3.05) is 5.32 Å². The van der Waals surface area contributed by atoms with Gasteiger partial charge in [-0.1, -0.05) is 38.1 Å². The molecular weight excluding hydrogens is 454 g/mol. The number of aliphatic carboxylic acids is 1. The predicted molar refractivity (Wildman–Crippen MR) is 137 cm³/mol. The third kappa shape index (κ3) is 5.33. The first kappa shape index (κ1) is 24.2. The number of hydrogen-bond acceptors (Lipinski definition) is 6. The van der Waals surface area contributed by atoms with Crippen molar-refractivity contribution in [3.63, 3.8) is 0 Å². The van der Waals surface area contributed by atoms with E-state index >= 15 is 0 Å². The van der Waals surface area contributed by atoms with Crippen molar-refractivity contribution in [2.45, 2.75) is 64.0 Å². The number of nitrogens with two attached hydrogens (primary N) is 1. The molecule has 2 aromatic heterocycles. The number of pyridine rings is 1. The summed E-state index contributed by atoms with van der Waals surface area (Å²) in [6, 6.07) is 10.4. The van der Waals surface area contributed by atoms with E-state index < -0.39 is 12.0 Å². The highest BCUT2D eigenvalue weighted by atomic mass is 16.4. The summed E-state index contributed by atoms with van der Waals surface area (Å²) < 4.78 is 1.83. The van der Waals surface area contributed by atoms with Crippen LogP contribution in [0.4, 0.5) is 5.69 Å². The molecule has 0 amide bonds. The lowest BCUT2D eigenvalue weighted by atomic mass is 9.61. The van der Waals surface area contributed by atoms with Crippen LogP contribution in [0.15, 0.2) is 55.0 Å². The van der Waals surface area contributed by atoms with E-state index in [-0.39, 0.29) is 18.2 Å². The molecule has 1 aromatic carbocycles. The van der Waals surface area contributed by atoms with Crippen LogP contribution in [0.2, 0.25) is 0 Å². The van der Waals surface area contributed by atoms with Crippen LogP contribution < -0.4 is 11.1 Å². The molecule has 2 aliphatic rings. The maximum atomic E-state index is 12.5. The number of carboxylic acid groups (broad SMARTS) is 1. The van der Waals surface area contributed by atoms with Crippen LogP contribution in [0.5, 0.6) is 0 Å². The standard InChI is InChI=1S/C28H33N5O3/c1-28(2)12-20(13-28)26(18-5-7-19(8-6-18)27(36)23(29)11-25(34)35)32-22-9-10-24(30-15-22)33-16-21(14-31-33)17-3-4-17/h5-10,14-17,20,23,26,32H,3-4,11-13,29H2,1-2H3,(H,34,35). The lowest BCUT2D eigenvalue weighted by molar-refractivity contribution is -0.137. The maximum absolute atomic E-state index is 12.5. The third-order valence-electron chi connectivity index (χ3n) is 7.34. The van der Waals surface area contributed by atoms with E-state index in [9.17, 15) is 9.59 Å². The Kier molecular flexibility index (Phi) is 6.38. The van der Waals surface area contributed by atoms with E-state index in [0.29, 0.717) is 22.8 Å². The average molecular weight is 488 g/mol. The number of carboxylic acids is 1. The van der Waals surface area contributed by atoms with Gasteiger partial charge in [0.1, 0.15) is 0 Å². The van der Waals surface area contributed by atoms with Gasteiger partial charge in [-0.05, 0) is 66.2 Å². The first-order valence-electron chi connectivity index (χ1n) is 12.6. The van der Waals surface area contributed by atoms with E-state index in [0.717, 1.165) is 29.9 Å². The molecule has 2 atom stereocenters. The first-order valence-corrected chi connectivity index (χ1v) is 12.6. The Morgan fingerprint density at radius 1 is 1.14 bits per heavy atom. The zero-order valence-electron chi connectivity index (χ0n) is 20.7. The van der Waals surface area contributed by atoms with Gasteiger partial charge in [-0.15, -0.1) is 0 Å². The summed E-state index contributed by atoms with van der Waals surface area (Å²) in [6.45, 7) is 4.56. The minimum atomic E-state index is -1.08. The van der Waals surface area contributed by atoms with Gasteiger partial charge in [0.25, 0.3) is 0 Å². The van der Waals surface area contributed by atoms with Crippen molar-refractivity contribution in [3.05, 3.63) is 71.7 Å². The Morgan fingerprint density at radius 3 is 2.44 bits per heavy atom. The van der Waals surface area contributed by atoms with Crippen molar-refractivity contribution in [2.24, 2.45) is 17.1 Å². The van der Waals surface area contributed by atoms with Gasteiger partial charge < -0.3 is 16.2 Å². The monoisotopic (exact) mass is 487 g/mol. The normalized spacial score (nSPS) is 18.8. The van der Waals surface area contributed by atoms with Gasteiger partial charge >= 0.3 is 5.97 Å². The Labute approximate surface area is 210 Å². The quantitative estimate of drug-likeness (QED) is 0.354. The van der Waals surface area contributed by atoms with E-state index in [1.807, 2.05) is 41.3 Å². The maximum Gasteiger partial charge on any atom is 0.305 e. The van der Waals surface area contributed by atoms with Gasteiger partial charge in [-0.2, -0.15) is 5.10 Å². The zero-order chi connectivity index (χ0) is 25.4. The minimum Gasteiger partial charge on any atom is -0.481 e. The second kappa shape index (κ2) is 9.50. The molecule has 0 radical (unpaired) electrons. The molecule has 8 nitrogen and oxygen atoms in total. The van der Waals surface area contributed by atoms with Gasteiger partial charge in [-0.25, -0.2) is 9.67 Å². The summed E-state index contributed by atoms with van der Waals surface area (Å²) >= 11 is 0. The molecule has 5 rings (SSSR count). The summed E-state index contributed by atoms with van der Waals surface area (Å²) in [5, 5.41) is 17.1. The van der Waals surface area contributed by atoms with Gasteiger partial charge in [-0.3, -0.25) is 9.59 Å². The van der Waals surface area contributed by atoms with Gasteiger partial charge in [0.2, 0.25) is 0 Å². The Bertz CT molecular complexity index is 1240. The van der Waals surface area contributed by atoms with Crippen LogP contribution in [0.25, 0.3) is 5.82 Å². The highest BCUT2D eigenvalue weighted by Gasteiger charge is 2.41. The number of anilines is 1. The van der Waals surface area contributed by atoms with Crippen LogP contribution in [0.3, 0.4) is 0 Å². The number of nitrogens with zero attached hydrogens (tertiary/aromatic N) is 3.